The number of halogens is 2. The monoisotopic (exact) mass is 259 g/mol. The van der Waals surface area contributed by atoms with Crippen LogP contribution in [0.25, 0.3) is 0 Å². The predicted molar refractivity (Wildman–Crippen MR) is 60.7 cm³/mol. The van der Waals surface area contributed by atoms with Crippen molar-refractivity contribution in [2.24, 2.45) is 0 Å². The number of rotatable bonds is 4. The highest BCUT2D eigenvalue weighted by Gasteiger charge is 2.02. The topological polar surface area (TPSA) is 12.0 Å². The van der Waals surface area contributed by atoms with Gasteiger partial charge >= 0.3 is 0 Å². The number of hydrogen-bond acceptors (Lipinski definition) is 1. The third-order valence-corrected chi connectivity index (χ3v) is 3.01. The molecule has 1 nitrogen and oxygen atoms in total. The van der Waals surface area contributed by atoms with Crippen molar-refractivity contribution in [1.29, 1.82) is 0 Å². The van der Waals surface area contributed by atoms with Crippen LogP contribution in [0.3, 0.4) is 0 Å². The van der Waals surface area contributed by atoms with E-state index in [2.05, 4.69) is 35.1 Å². The molecule has 0 radical (unpaired) electrons. The molecule has 78 valence electrons. The summed E-state index contributed by atoms with van der Waals surface area (Å²) >= 11 is 3.34. The molecule has 1 unspecified atom stereocenters. The fraction of sp³-hybridized carbons (Fsp3) is 0.455. The number of hydrogen-bond donors (Lipinski definition) is 1. The van der Waals surface area contributed by atoms with Gasteiger partial charge < -0.3 is 5.32 Å². The van der Waals surface area contributed by atoms with E-state index in [9.17, 15) is 4.39 Å². The summed E-state index contributed by atoms with van der Waals surface area (Å²) in [6.07, 6.45) is 1.10. The minimum atomic E-state index is -0.204. The first kappa shape index (κ1) is 11.7. The van der Waals surface area contributed by atoms with E-state index in [4.69, 9.17) is 0 Å². The molecular formula is C11H15BrFN. The van der Waals surface area contributed by atoms with E-state index in [0.29, 0.717) is 6.04 Å². The van der Waals surface area contributed by atoms with E-state index >= 15 is 0 Å². The first-order valence-corrected chi connectivity index (χ1v) is 5.60. The third kappa shape index (κ3) is 3.39. The average molecular weight is 260 g/mol. The van der Waals surface area contributed by atoms with E-state index in [-0.39, 0.29) is 5.82 Å². The maximum atomic E-state index is 12.8. The van der Waals surface area contributed by atoms with Crippen LogP contribution >= 0.6 is 15.9 Å². The van der Waals surface area contributed by atoms with Gasteiger partial charge in [0.1, 0.15) is 5.82 Å². The molecule has 0 aliphatic rings. The standard InChI is InChI=1S/C11H15BrFN/c1-3-8(2)14-7-9-4-5-10(13)6-11(9)12/h4-6,8,14H,3,7H2,1-2H3. The van der Waals surface area contributed by atoms with Crippen molar-refractivity contribution >= 4 is 15.9 Å². The fourth-order valence-electron chi connectivity index (χ4n) is 1.09. The average Bonchev–Trinajstić information content (AvgIpc) is 2.16. The first-order chi connectivity index (χ1) is 6.63. The van der Waals surface area contributed by atoms with Crippen LogP contribution in [-0.2, 0) is 6.54 Å². The Kier molecular flexibility index (Phi) is 4.55. The lowest BCUT2D eigenvalue weighted by Gasteiger charge is -2.12. The van der Waals surface area contributed by atoms with Crippen molar-refractivity contribution in [3.05, 3.63) is 34.1 Å². The minimum Gasteiger partial charge on any atom is -0.310 e. The summed E-state index contributed by atoms with van der Waals surface area (Å²) in [6.45, 7) is 5.05. The van der Waals surface area contributed by atoms with Crippen molar-refractivity contribution in [3.8, 4) is 0 Å². The molecule has 1 N–H and O–H groups in total. The highest BCUT2D eigenvalue weighted by Crippen LogP contribution is 2.17. The van der Waals surface area contributed by atoms with Crippen molar-refractivity contribution in [2.45, 2.75) is 32.9 Å². The molecular weight excluding hydrogens is 245 g/mol. The Labute approximate surface area is 92.8 Å². The van der Waals surface area contributed by atoms with Crippen LogP contribution in [0.5, 0.6) is 0 Å². The molecule has 1 atom stereocenters. The zero-order chi connectivity index (χ0) is 10.6. The Hall–Kier alpha value is -0.410. The molecule has 0 heterocycles. The Bertz CT molecular complexity index is 301. The molecule has 1 rings (SSSR count). The summed E-state index contributed by atoms with van der Waals surface area (Å²) in [4.78, 5) is 0. The summed E-state index contributed by atoms with van der Waals surface area (Å²) < 4.78 is 13.6. The Morgan fingerprint density at radius 1 is 1.50 bits per heavy atom. The van der Waals surface area contributed by atoms with Crippen LogP contribution in [0, 0.1) is 5.82 Å². The second kappa shape index (κ2) is 5.47. The highest BCUT2D eigenvalue weighted by molar-refractivity contribution is 9.10. The smallest absolute Gasteiger partial charge is 0.124 e. The van der Waals surface area contributed by atoms with Gasteiger partial charge in [-0.05, 0) is 31.0 Å². The Balaban J connectivity index is 2.59. The van der Waals surface area contributed by atoms with Gasteiger partial charge in [-0.25, -0.2) is 4.39 Å². The summed E-state index contributed by atoms with van der Waals surface area (Å²) in [5.74, 6) is -0.204. The number of benzene rings is 1. The molecule has 0 bridgehead atoms. The van der Waals surface area contributed by atoms with E-state index in [1.807, 2.05) is 0 Å². The molecule has 0 aromatic heterocycles. The molecule has 0 fully saturated rings. The zero-order valence-corrected chi connectivity index (χ0v) is 10.1. The van der Waals surface area contributed by atoms with Crippen LogP contribution in [0.4, 0.5) is 4.39 Å². The fourth-order valence-corrected chi connectivity index (χ4v) is 1.58. The van der Waals surface area contributed by atoms with Gasteiger partial charge in [0.05, 0.1) is 0 Å². The summed E-state index contributed by atoms with van der Waals surface area (Å²) in [5.41, 5.74) is 1.09. The van der Waals surface area contributed by atoms with Gasteiger partial charge in [-0.1, -0.05) is 28.9 Å². The molecule has 1 aromatic rings. The van der Waals surface area contributed by atoms with Gasteiger partial charge in [0.15, 0.2) is 0 Å². The zero-order valence-electron chi connectivity index (χ0n) is 8.48. The molecule has 0 amide bonds. The van der Waals surface area contributed by atoms with Gasteiger partial charge in [0.2, 0.25) is 0 Å². The minimum absolute atomic E-state index is 0.204. The lowest BCUT2D eigenvalue weighted by Crippen LogP contribution is -2.24. The lowest BCUT2D eigenvalue weighted by molar-refractivity contribution is 0.532. The van der Waals surface area contributed by atoms with Crippen LogP contribution in [0.2, 0.25) is 0 Å². The molecule has 1 aromatic carbocycles. The molecule has 3 heteroatoms. The largest absolute Gasteiger partial charge is 0.310 e. The van der Waals surface area contributed by atoms with E-state index < -0.39 is 0 Å². The Morgan fingerprint density at radius 2 is 2.21 bits per heavy atom. The van der Waals surface area contributed by atoms with Gasteiger partial charge in [-0.15, -0.1) is 0 Å². The van der Waals surface area contributed by atoms with Gasteiger partial charge in [0.25, 0.3) is 0 Å². The molecule has 0 saturated carbocycles. The SMILES string of the molecule is CCC(C)NCc1ccc(F)cc1Br. The van der Waals surface area contributed by atoms with E-state index in [0.717, 1.165) is 23.0 Å². The molecule has 14 heavy (non-hydrogen) atoms. The van der Waals surface area contributed by atoms with Crippen molar-refractivity contribution in [1.82, 2.24) is 5.32 Å². The third-order valence-electron chi connectivity index (χ3n) is 2.27. The normalized spacial score (nSPS) is 12.9. The van der Waals surface area contributed by atoms with Crippen LogP contribution in [0.1, 0.15) is 25.8 Å². The molecule has 0 aliphatic carbocycles. The quantitative estimate of drug-likeness (QED) is 0.873. The maximum Gasteiger partial charge on any atom is 0.124 e. The second-order valence-corrected chi connectivity index (χ2v) is 4.28. The van der Waals surface area contributed by atoms with E-state index in [1.54, 1.807) is 6.07 Å². The Morgan fingerprint density at radius 3 is 2.79 bits per heavy atom. The highest BCUT2D eigenvalue weighted by atomic mass is 79.9. The van der Waals surface area contributed by atoms with Crippen LogP contribution < -0.4 is 5.32 Å². The van der Waals surface area contributed by atoms with Gasteiger partial charge in [0, 0.05) is 17.1 Å². The molecule has 0 aliphatic heterocycles. The second-order valence-electron chi connectivity index (χ2n) is 3.43. The van der Waals surface area contributed by atoms with Gasteiger partial charge in [-0.3, -0.25) is 0 Å². The van der Waals surface area contributed by atoms with Crippen molar-refractivity contribution < 1.29 is 4.39 Å². The number of nitrogens with one attached hydrogen (secondary N) is 1. The summed E-state index contributed by atoms with van der Waals surface area (Å²) in [6, 6.07) is 5.27. The molecule has 0 saturated heterocycles. The lowest BCUT2D eigenvalue weighted by atomic mass is 10.2. The van der Waals surface area contributed by atoms with Crippen molar-refractivity contribution in [2.75, 3.05) is 0 Å². The summed E-state index contributed by atoms with van der Waals surface area (Å²) in [7, 11) is 0. The van der Waals surface area contributed by atoms with E-state index in [1.165, 1.54) is 12.1 Å². The molecule has 0 spiro atoms. The van der Waals surface area contributed by atoms with Gasteiger partial charge in [-0.2, -0.15) is 0 Å². The van der Waals surface area contributed by atoms with Crippen molar-refractivity contribution in [3.63, 3.8) is 0 Å². The van der Waals surface area contributed by atoms with Crippen LogP contribution in [0.15, 0.2) is 22.7 Å². The maximum absolute atomic E-state index is 12.8. The summed E-state index contributed by atoms with van der Waals surface area (Å²) in [5, 5.41) is 3.36. The predicted octanol–water partition coefficient (Wildman–Crippen LogP) is 3.48. The van der Waals surface area contributed by atoms with Crippen LogP contribution in [-0.4, -0.2) is 6.04 Å². The first-order valence-electron chi connectivity index (χ1n) is 4.80.